The quantitative estimate of drug-likeness (QED) is 0.199. The van der Waals surface area contributed by atoms with Crippen molar-refractivity contribution in [3.05, 3.63) is 129 Å². The highest BCUT2D eigenvalue weighted by Crippen LogP contribution is 2.32. The molecule has 40 heavy (non-hydrogen) atoms. The highest BCUT2D eigenvalue weighted by Gasteiger charge is 2.21. The number of benzene rings is 4. The molecule has 1 heterocycles. The van der Waals surface area contributed by atoms with Gasteiger partial charge >= 0.3 is 5.97 Å². The third-order valence-electron chi connectivity index (χ3n) is 7.33. The fourth-order valence-electron chi connectivity index (χ4n) is 5.17. The Morgan fingerprint density at radius 2 is 1.68 bits per heavy atom. The van der Waals surface area contributed by atoms with Crippen LogP contribution in [0.1, 0.15) is 56.8 Å². The molecular weight excluding hydrogens is 506 g/mol. The molecule has 4 aromatic rings. The summed E-state index contributed by atoms with van der Waals surface area (Å²) in [5.74, 6) is -1.14. The normalized spacial score (nSPS) is 13.3. The Labute approximate surface area is 232 Å². The summed E-state index contributed by atoms with van der Waals surface area (Å²) in [6, 6.07) is 26.8. The highest BCUT2D eigenvalue weighted by molar-refractivity contribution is 5.95. The number of nitrogens with one attached hydrogen (secondary N) is 1. The lowest BCUT2D eigenvalue weighted by Gasteiger charge is -2.32. The summed E-state index contributed by atoms with van der Waals surface area (Å²) < 4.78 is 0. The summed E-state index contributed by atoms with van der Waals surface area (Å²) in [5, 5.41) is 23.1. The van der Waals surface area contributed by atoms with Crippen LogP contribution in [0, 0.1) is 10.1 Å². The van der Waals surface area contributed by atoms with Gasteiger partial charge in [0.05, 0.1) is 16.5 Å². The lowest BCUT2D eigenvalue weighted by Crippen LogP contribution is -2.30. The van der Waals surface area contributed by atoms with Crippen LogP contribution in [0.5, 0.6) is 0 Å². The molecular formula is C32H29N3O5. The molecule has 5 rings (SSSR count). The molecule has 1 aliphatic heterocycles. The Morgan fingerprint density at radius 1 is 0.975 bits per heavy atom. The summed E-state index contributed by atoms with van der Waals surface area (Å²) in [6.07, 6.45) is 1.84. The molecule has 0 radical (unpaired) electrons. The fraction of sp³-hybridized carbons (Fsp3) is 0.188. The Hall–Kier alpha value is -4.98. The predicted molar refractivity (Wildman–Crippen MR) is 154 cm³/mol. The molecule has 1 unspecified atom stereocenters. The maximum Gasteiger partial charge on any atom is 0.335 e. The number of rotatable bonds is 8. The number of nitro benzene ring substituents is 1. The maximum atomic E-state index is 13.1. The van der Waals surface area contributed by atoms with Crippen LogP contribution < -0.4 is 10.2 Å². The first-order valence-corrected chi connectivity index (χ1v) is 13.1. The van der Waals surface area contributed by atoms with E-state index in [-0.39, 0.29) is 23.2 Å². The van der Waals surface area contributed by atoms with Gasteiger partial charge in [0.15, 0.2) is 0 Å². The second kappa shape index (κ2) is 11.4. The molecule has 0 saturated carbocycles. The first-order valence-electron chi connectivity index (χ1n) is 13.1. The van der Waals surface area contributed by atoms with Gasteiger partial charge in [-0.1, -0.05) is 48.5 Å². The van der Waals surface area contributed by atoms with Crippen LogP contribution in [-0.2, 0) is 13.0 Å². The number of amides is 1. The summed E-state index contributed by atoms with van der Waals surface area (Å²) in [7, 11) is 0. The Balaban J connectivity index is 1.32. The largest absolute Gasteiger partial charge is 0.478 e. The minimum atomic E-state index is -0.946. The highest BCUT2D eigenvalue weighted by atomic mass is 16.6. The van der Waals surface area contributed by atoms with E-state index in [1.165, 1.54) is 12.1 Å². The topological polar surface area (TPSA) is 113 Å². The summed E-state index contributed by atoms with van der Waals surface area (Å²) in [4.78, 5) is 37.1. The minimum Gasteiger partial charge on any atom is -0.478 e. The molecule has 202 valence electrons. The smallest absolute Gasteiger partial charge is 0.335 e. The number of aryl methyl sites for hydroxylation is 1. The second-order valence-electron chi connectivity index (χ2n) is 9.95. The van der Waals surface area contributed by atoms with E-state index in [1.807, 2.05) is 49.4 Å². The summed E-state index contributed by atoms with van der Waals surface area (Å²) in [6.45, 7) is 3.43. The number of nitrogens with zero attached hydrogens (tertiary/aromatic N) is 2. The zero-order valence-electron chi connectivity index (χ0n) is 22.0. The zero-order valence-corrected chi connectivity index (χ0v) is 22.0. The molecule has 0 saturated heterocycles. The van der Waals surface area contributed by atoms with Crippen LogP contribution in [0.15, 0.2) is 91.0 Å². The number of hydrogen-bond acceptors (Lipinski definition) is 5. The third kappa shape index (κ3) is 5.71. The van der Waals surface area contributed by atoms with Crippen LogP contribution in [0.4, 0.5) is 11.4 Å². The van der Waals surface area contributed by atoms with Gasteiger partial charge in [-0.15, -0.1) is 0 Å². The number of carboxylic acids is 1. The van der Waals surface area contributed by atoms with Gasteiger partial charge in [0.1, 0.15) is 0 Å². The molecule has 0 aromatic heterocycles. The van der Waals surface area contributed by atoms with Crippen molar-refractivity contribution >= 4 is 23.3 Å². The number of carbonyl (C=O) groups is 2. The van der Waals surface area contributed by atoms with Gasteiger partial charge in [-0.3, -0.25) is 14.9 Å². The second-order valence-corrected chi connectivity index (χ2v) is 9.95. The van der Waals surface area contributed by atoms with E-state index in [9.17, 15) is 24.8 Å². The van der Waals surface area contributed by atoms with E-state index in [0.29, 0.717) is 12.1 Å². The minimum absolute atomic E-state index is 0.0141. The number of carbonyl (C=O) groups excluding carboxylic acids is 1. The first kappa shape index (κ1) is 26.6. The van der Waals surface area contributed by atoms with Crippen LogP contribution >= 0.6 is 0 Å². The predicted octanol–water partition coefficient (Wildman–Crippen LogP) is 6.40. The van der Waals surface area contributed by atoms with Crippen molar-refractivity contribution in [2.75, 3.05) is 11.4 Å². The zero-order chi connectivity index (χ0) is 28.2. The van der Waals surface area contributed by atoms with Gasteiger partial charge in [0, 0.05) is 36.5 Å². The molecule has 0 fully saturated rings. The van der Waals surface area contributed by atoms with Gasteiger partial charge in [-0.05, 0) is 77.9 Å². The summed E-state index contributed by atoms with van der Waals surface area (Å²) in [5.41, 5.74) is 7.01. The number of carboxylic acid groups (broad SMARTS) is 1. The number of anilines is 1. The first-order chi connectivity index (χ1) is 19.3. The van der Waals surface area contributed by atoms with E-state index in [2.05, 4.69) is 22.3 Å². The van der Waals surface area contributed by atoms with Crippen molar-refractivity contribution in [3.8, 4) is 11.1 Å². The molecule has 4 aromatic carbocycles. The van der Waals surface area contributed by atoms with Crippen LogP contribution in [0.2, 0.25) is 0 Å². The van der Waals surface area contributed by atoms with Crippen molar-refractivity contribution in [2.24, 2.45) is 0 Å². The van der Waals surface area contributed by atoms with Gasteiger partial charge in [-0.25, -0.2) is 4.79 Å². The van der Waals surface area contributed by atoms with Crippen LogP contribution in [0.25, 0.3) is 11.1 Å². The van der Waals surface area contributed by atoms with Crippen molar-refractivity contribution in [1.29, 1.82) is 0 Å². The molecule has 8 heteroatoms. The number of hydrogen-bond donors (Lipinski definition) is 2. The van der Waals surface area contributed by atoms with Crippen molar-refractivity contribution in [2.45, 2.75) is 32.4 Å². The number of nitro groups is 1. The van der Waals surface area contributed by atoms with Crippen LogP contribution in [0.3, 0.4) is 0 Å². The molecule has 0 aliphatic carbocycles. The number of fused-ring (bicyclic) bond motifs is 1. The molecule has 1 aliphatic rings. The Morgan fingerprint density at radius 3 is 2.38 bits per heavy atom. The fourth-order valence-corrected chi connectivity index (χ4v) is 5.17. The van der Waals surface area contributed by atoms with Crippen molar-refractivity contribution in [1.82, 2.24) is 5.32 Å². The average Bonchev–Trinajstić information content (AvgIpc) is 2.97. The molecule has 0 spiro atoms. The van der Waals surface area contributed by atoms with E-state index < -0.39 is 10.9 Å². The SMILES string of the molecule is CC(NC(=O)c1ccc2c(c1)CCCN2Cc1ccccc1-c1ccc(C(=O)O)cc1)c1ccc([N+](=O)[O-])cc1. The van der Waals surface area contributed by atoms with E-state index in [1.54, 1.807) is 24.3 Å². The maximum absolute atomic E-state index is 13.1. The third-order valence-corrected chi connectivity index (χ3v) is 7.33. The molecule has 8 nitrogen and oxygen atoms in total. The molecule has 2 N–H and O–H groups in total. The van der Waals surface area contributed by atoms with E-state index in [4.69, 9.17) is 0 Å². The number of aromatic carboxylic acids is 1. The Bertz CT molecular complexity index is 1560. The van der Waals surface area contributed by atoms with Gasteiger partial charge in [0.2, 0.25) is 0 Å². The number of non-ortho nitro benzene ring substituents is 1. The van der Waals surface area contributed by atoms with Gasteiger partial charge in [-0.2, -0.15) is 0 Å². The lowest BCUT2D eigenvalue weighted by molar-refractivity contribution is -0.384. The average molecular weight is 536 g/mol. The molecule has 0 bridgehead atoms. The summed E-state index contributed by atoms with van der Waals surface area (Å²) >= 11 is 0. The van der Waals surface area contributed by atoms with Crippen molar-refractivity contribution in [3.63, 3.8) is 0 Å². The monoisotopic (exact) mass is 535 g/mol. The molecule has 1 amide bonds. The van der Waals surface area contributed by atoms with E-state index >= 15 is 0 Å². The molecule has 1 atom stereocenters. The van der Waals surface area contributed by atoms with Gasteiger partial charge < -0.3 is 15.3 Å². The van der Waals surface area contributed by atoms with Crippen molar-refractivity contribution < 1.29 is 19.6 Å². The van der Waals surface area contributed by atoms with Gasteiger partial charge in [0.25, 0.3) is 11.6 Å². The standard InChI is InChI=1S/C32H29N3O5/c1-21(22-12-15-28(16-13-22)35(39)40)33-31(36)26-14-17-30-25(19-26)6-4-18-34(30)20-27-5-2-3-7-29(27)23-8-10-24(11-9-23)32(37)38/h2-3,5,7-17,19,21H,4,6,18,20H2,1H3,(H,33,36)(H,37,38). The lowest BCUT2D eigenvalue weighted by atomic mass is 9.95. The van der Waals surface area contributed by atoms with E-state index in [0.717, 1.165) is 52.9 Å². The Kier molecular flexibility index (Phi) is 7.59. The van der Waals surface area contributed by atoms with Crippen LogP contribution in [-0.4, -0.2) is 28.5 Å².